The SMILES string of the molecule is c1cc(-c2ccc(OC3CCNC3)cc2)ccn1. The summed E-state index contributed by atoms with van der Waals surface area (Å²) >= 11 is 0. The van der Waals surface area contributed by atoms with Gasteiger partial charge in [-0.2, -0.15) is 0 Å². The van der Waals surface area contributed by atoms with Gasteiger partial charge in [-0.3, -0.25) is 4.98 Å². The van der Waals surface area contributed by atoms with Gasteiger partial charge in [0.2, 0.25) is 0 Å². The average Bonchev–Trinajstić information content (AvgIpc) is 2.94. The van der Waals surface area contributed by atoms with Crippen molar-refractivity contribution in [3.8, 4) is 16.9 Å². The van der Waals surface area contributed by atoms with E-state index in [1.165, 1.54) is 11.1 Å². The van der Waals surface area contributed by atoms with Crippen LogP contribution in [0.15, 0.2) is 48.8 Å². The molecule has 0 radical (unpaired) electrons. The zero-order valence-electron chi connectivity index (χ0n) is 10.2. The third kappa shape index (κ3) is 2.51. The first-order chi connectivity index (χ1) is 8.92. The predicted octanol–water partition coefficient (Wildman–Crippen LogP) is 2.49. The van der Waals surface area contributed by atoms with Crippen molar-refractivity contribution in [2.75, 3.05) is 13.1 Å². The summed E-state index contributed by atoms with van der Waals surface area (Å²) in [6.45, 7) is 2.01. The highest BCUT2D eigenvalue weighted by atomic mass is 16.5. The molecule has 1 N–H and O–H groups in total. The van der Waals surface area contributed by atoms with Gasteiger partial charge in [0.1, 0.15) is 11.9 Å². The lowest BCUT2D eigenvalue weighted by atomic mass is 10.1. The van der Waals surface area contributed by atoms with Crippen molar-refractivity contribution in [1.29, 1.82) is 0 Å². The Hall–Kier alpha value is -1.87. The monoisotopic (exact) mass is 240 g/mol. The molecule has 0 aliphatic carbocycles. The molecule has 1 fully saturated rings. The Kier molecular flexibility index (Phi) is 3.24. The molecule has 0 bridgehead atoms. The van der Waals surface area contributed by atoms with E-state index in [0.717, 1.165) is 25.3 Å². The Morgan fingerprint density at radius 1 is 1.00 bits per heavy atom. The van der Waals surface area contributed by atoms with Gasteiger partial charge in [0, 0.05) is 18.9 Å². The fourth-order valence-corrected chi connectivity index (χ4v) is 2.19. The molecule has 0 saturated carbocycles. The number of pyridine rings is 1. The van der Waals surface area contributed by atoms with E-state index in [0.29, 0.717) is 6.10 Å². The van der Waals surface area contributed by atoms with Crippen LogP contribution in [0.3, 0.4) is 0 Å². The summed E-state index contributed by atoms with van der Waals surface area (Å²) in [5.41, 5.74) is 2.37. The van der Waals surface area contributed by atoms with Crippen LogP contribution in [0.1, 0.15) is 6.42 Å². The third-order valence-electron chi connectivity index (χ3n) is 3.19. The number of ether oxygens (including phenoxy) is 1. The molecular formula is C15H16N2O. The molecule has 1 aliphatic rings. The van der Waals surface area contributed by atoms with Gasteiger partial charge in [0.05, 0.1) is 0 Å². The van der Waals surface area contributed by atoms with Crippen LogP contribution in [0.25, 0.3) is 11.1 Å². The van der Waals surface area contributed by atoms with Crippen molar-refractivity contribution < 1.29 is 4.74 Å². The smallest absolute Gasteiger partial charge is 0.119 e. The van der Waals surface area contributed by atoms with Crippen LogP contribution in [-0.2, 0) is 0 Å². The summed E-state index contributed by atoms with van der Waals surface area (Å²) in [6, 6.07) is 12.3. The van der Waals surface area contributed by atoms with Crippen LogP contribution in [0.4, 0.5) is 0 Å². The second kappa shape index (κ2) is 5.19. The van der Waals surface area contributed by atoms with Gasteiger partial charge in [-0.15, -0.1) is 0 Å². The number of aromatic nitrogens is 1. The van der Waals surface area contributed by atoms with Gasteiger partial charge < -0.3 is 10.1 Å². The molecule has 3 heteroatoms. The van der Waals surface area contributed by atoms with E-state index >= 15 is 0 Å². The fraction of sp³-hybridized carbons (Fsp3) is 0.267. The third-order valence-corrected chi connectivity index (χ3v) is 3.19. The molecule has 1 unspecified atom stereocenters. The van der Waals surface area contributed by atoms with Gasteiger partial charge in [0.15, 0.2) is 0 Å². The molecule has 18 heavy (non-hydrogen) atoms. The summed E-state index contributed by atoms with van der Waals surface area (Å²) in [7, 11) is 0. The van der Waals surface area contributed by atoms with E-state index in [2.05, 4.69) is 22.4 Å². The summed E-state index contributed by atoms with van der Waals surface area (Å²) in [6.07, 6.45) is 5.02. The zero-order chi connectivity index (χ0) is 12.2. The van der Waals surface area contributed by atoms with Gasteiger partial charge in [-0.05, 0) is 48.4 Å². The van der Waals surface area contributed by atoms with Gasteiger partial charge in [0.25, 0.3) is 0 Å². The maximum atomic E-state index is 5.89. The number of nitrogens with one attached hydrogen (secondary N) is 1. The maximum absolute atomic E-state index is 5.89. The van der Waals surface area contributed by atoms with Crippen LogP contribution in [0.5, 0.6) is 5.75 Å². The van der Waals surface area contributed by atoms with Gasteiger partial charge in [-0.25, -0.2) is 0 Å². The Labute approximate surface area is 107 Å². The zero-order valence-corrected chi connectivity index (χ0v) is 10.2. The molecule has 2 aromatic rings. The van der Waals surface area contributed by atoms with E-state index < -0.39 is 0 Å². The molecule has 1 aromatic carbocycles. The summed E-state index contributed by atoms with van der Waals surface area (Å²) in [5.74, 6) is 0.946. The van der Waals surface area contributed by atoms with E-state index in [9.17, 15) is 0 Å². The Bertz CT molecular complexity index is 490. The number of hydrogen-bond acceptors (Lipinski definition) is 3. The second-order valence-electron chi connectivity index (χ2n) is 4.49. The van der Waals surface area contributed by atoms with Crippen molar-refractivity contribution in [3.05, 3.63) is 48.8 Å². The average molecular weight is 240 g/mol. The van der Waals surface area contributed by atoms with Crippen LogP contribution in [-0.4, -0.2) is 24.2 Å². The molecule has 1 saturated heterocycles. The first-order valence-corrected chi connectivity index (χ1v) is 6.30. The minimum atomic E-state index is 0.316. The first-order valence-electron chi connectivity index (χ1n) is 6.30. The lowest BCUT2D eigenvalue weighted by molar-refractivity contribution is 0.223. The fourth-order valence-electron chi connectivity index (χ4n) is 2.19. The molecule has 1 aliphatic heterocycles. The largest absolute Gasteiger partial charge is 0.489 e. The van der Waals surface area contributed by atoms with E-state index in [4.69, 9.17) is 4.74 Å². The highest BCUT2D eigenvalue weighted by molar-refractivity contribution is 5.63. The number of hydrogen-bond donors (Lipinski definition) is 1. The summed E-state index contributed by atoms with van der Waals surface area (Å²) in [5, 5.41) is 3.30. The molecule has 0 amide bonds. The summed E-state index contributed by atoms with van der Waals surface area (Å²) < 4.78 is 5.89. The van der Waals surface area contributed by atoms with Crippen LogP contribution >= 0.6 is 0 Å². The number of benzene rings is 1. The first kappa shape index (κ1) is 11.2. The van der Waals surface area contributed by atoms with E-state index in [1.807, 2.05) is 36.7 Å². The minimum Gasteiger partial charge on any atom is -0.489 e. The predicted molar refractivity (Wildman–Crippen MR) is 71.6 cm³/mol. The highest BCUT2D eigenvalue weighted by Gasteiger charge is 2.15. The van der Waals surface area contributed by atoms with Crippen LogP contribution in [0, 0.1) is 0 Å². The maximum Gasteiger partial charge on any atom is 0.119 e. The second-order valence-corrected chi connectivity index (χ2v) is 4.49. The molecule has 0 spiro atoms. The highest BCUT2D eigenvalue weighted by Crippen LogP contribution is 2.22. The quantitative estimate of drug-likeness (QED) is 0.895. The molecule has 3 nitrogen and oxygen atoms in total. The van der Waals surface area contributed by atoms with Crippen molar-refractivity contribution in [2.45, 2.75) is 12.5 Å². The van der Waals surface area contributed by atoms with Crippen molar-refractivity contribution in [3.63, 3.8) is 0 Å². The summed E-state index contributed by atoms with van der Waals surface area (Å²) in [4.78, 5) is 4.03. The van der Waals surface area contributed by atoms with Crippen molar-refractivity contribution >= 4 is 0 Å². The normalized spacial score (nSPS) is 18.8. The standard InChI is InChI=1S/C15H16N2O/c1-3-14(18-15-7-10-17-11-15)4-2-12(1)13-5-8-16-9-6-13/h1-6,8-9,15,17H,7,10-11H2. The molecular weight excluding hydrogens is 224 g/mol. The molecule has 1 atom stereocenters. The van der Waals surface area contributed by atoms with Crippen molar-refractivity contribution in [2.24, 2.45) is 0 Å². The number of nitrogens with zero attached hydrogens (tertiary/aromatic N) is 1. The Balaban J connectivity index is 1.72. The topological polar surface area (TPSA) is 34.1 Å². The molecule has 92 valence electrons. The Morgan fingerprint density at radius 2 is 1.72 bits per heavy atom. The van der Waals surface area contributed by atoms with Gasteiger partial charge >= 0.3 is 0 Å². The van der Waals surface area contributed by atoms with E-state index in [-0.39, 0.29) is 0 Å². The number of rotatable bonds is 3. The van der Waals surface area contributed by atoms with Crippen molar-refractivity contribution in [1.82, 2.24) is 10.3 Å². The minimum absolute atomic E-state index is 0.316. The molecule has 3 rings (SSSR count). The molecule has 2 heterocycles. The van der Waals surface area contributed by atoms with Crippen LogP contribution in [0.2, 0.25) is 0 Å². The van der Waals surface area contributed by atoms with Crippen LogP contribution < -0.4 is 10.1 Å². The Morgan fingerprint density at radius 3 is 2.39 bits per heavy atom. The lowest BCUT2D eigenvalue weighted by Crippen LogP contribution is -2.19. The molecule has 1 aromatic heterocycles. The van der Waals surface area contributed by atoms with Gasteiger partial charge in [-0.1, -0.05) is 12.1 Å². The van der Waals surface area contributed by atoms with E-state index in [1.54, 1.807) is 0 Å². The lowest BCUT2D eigenvalue weighted by Gasteiger charge is -2.12.